The number of hydrogen-bond acceptors (Lipinski definition) is 4. The number of nitrogens with zero attached hydrogens (tertiary/aromatic N) is 1. The maximum Gasteiger partial charge on any atom is 0.256 e. The summed E-state index contributed by atoms with van der Waals surface area (Å²) in [7, 11) is 1.46. The summed E-state index contributed by atoms with van der Waals surface area (Å²) in [6, 6.07) is 11.1. The molecule has 0 spiro atoms. The Morgan fingerprint density at radius 3 is 2.41 bits per heavy atom. The Kier molecular flexibility index (Phi) is 5.94. The summed E-state index contributed by atoms with van der Waals surface area (Å²) in [5.74, 6) is -0.470. The molecule has 0 aliphatic heterocycles. The molecule has 0 radical (unpaired) electrons. The predicted octanol–water partition coefficient (Wildman–Crippen LogP) is 4.31. The molecule has 3 aromatic rings. The van der Waals surface area contributed by atoms with Crippen LogP contribution in [0.3, 0.4) is 0 Å². The lowest BCUT2D eigenvalue weighted by Crippen LogP contribution is -2.18. The van der Waals surface area contributed by atoms with E-state index in [2.05, 4.69) is 15.6 Å². The van der Waals surface area contributed by atoms with E-state index >= 15 is 0 Å². The predicted molar refractivity (Wildman–Crippen MR) is 116 cm³/mol. The van der Waals surface area contributed by atoms with Crippen LogP contribution in [0.15, 0.2) is 36.4 Å². The molecule has 0 atom stereocenters. The van der Waals surface area contributed by atoms with E-state index in [0.29, 0.717) is 16.9 Å². The largest absolute Gasteiger partial charge is 0.375 e. The zero-order valence-corrected chi connectivity index (χ0v) is 17.3. The molecule has 0 saturated carbocycles. The molecular formula is C23H25N3O3. The van der Waals surface area contributed by atoms with E-state index in [1.165, 1.54) is 7.11 Å². The highest BCUT2D eigenvalue weighted by molar-refractivity contribution is 6.13. The number of nitrogens with one attached hydrogen (secondary N) is 2. The van der Waals surface area contributed by atoms with Gasteiger partial charge in [-0.1, -0.05) is 18.2 Å². The number of ether oxygens (including phenoxy) is 1. The molecule has 0 fully saturated rings. The highest BCUT2D eigenvalue weighted by atomic mass is 16.5. The molecule has 1 aromatic heterocycles. The number of hydrogen-bond donors (Lipinski definition) is 2. The van der Waals surface area contributed by atoms with Crippen molar-refractivity contribution in [3.05, 3.63) is 64.3 Å². The van der Waals surface area contributed by atoms with Gasteiger partial charge in [0, 0.05) is 29.6 Å². The molecule has 2 amide bonds. The Labute approximate surface area is 170 Å². The molecule has 0 aliphatic rings. The summed E-state index contributed by atoms with van der Waals surface area (Å²) in [6.07, 6.45) is 0. The van der Waals surface area contributed by atoms with Crippen LogP contribution in [-0.4, -0.2) is 30.5 Å². The second-order valence-electron chi connectivity index (χ2n) is 7.18. The lowest BCUT2D eigenvalue weighted by Gasteiger charge is -2.14. The number of amides is 2. The Bertz CT molecular complexity index is 1110. The second kappa shape index (κ2) is 8.41. The minimum atomic E-state index is -0.254. The summed E-state index contributed by atoms with van der Waals surface area (Å²) in [5, 5.41) is 6.54. The van der Waals surface area contributed by atoms with Gasteiger partial charge in [0.15, 0.2) is 0 Å². The molecule has 0 bridgehead atoms. The van der Waals surface area contributed by atoms with Crippen molar-refractivity contribution >= 4 is 34.1 Å². The molecule has 6 nitrogen and oxygen atoms in total. The van der Waals surface area contributed by atoms with E-state index in [1.54, 1.807) is 18.2 Å². The molecule has 29 heavy (non-hydrogen) atoms. The smallest absolute Gasteiger partial charge is 0.256 e. The quantitative estimate of drug-likeness (QED) is 0.679. The van der Waals surface area contributed by atoms with Crippen LogP contribution in [-0.2, 0) is 9.53 Å². The van der Waals surface area contributed by atoms with E-state index in [1.807, 2.05) is 45.9 Å². The molecule has 0 saturated heterocycles. The third kappa shape index (κ3) is 4.43. The van der Waals surface area contributed by atoms with E-state index in [9.17, 15) is 9.59 Å². The fraction of sp³-hybridized carbons (Fsp3) is 0.261. The number of aryl methyl sites for hydroxylation is 4. The Morgan fingerprint density at radius 1 is 0.966 bits per heavy atom. The van der Waals surface area contributed by atoms with Gasteiger partial charge in [-0.3, -0.25) is 14.6 Å². The fourth-order valence-electron chi connectivity index (χ4n) is 3.20. The van der Waals surface area contributed by atoms with Crippen LogP contribution >= 0.6 is 0 Å². The first kappa shape index (κ1) is 20.5. The summed E-state index contributed by atoms with van der Waals surface area (Å²) in [4.78, 5) is 29.5. The molecule has 0 aliphatic carbocycles. The number of pyridine rings is 1. The molecule has 150 valence electrons. The zero-order chi connectivity index (χ0) is 21.1. The van der Waals surface area contributed by atoms with E-state index in [4.69, 9.17) is 4.74 Å². The number of anilines is 2. The Balaban J connectivity index is 1.95. The van der Waals surface area contributed by atoms with E-state index in [-0.39, 0.29) is 18.4 Å². The fourth-order valence-corrected chi connectivity index (χ4v) is 3.20. The number of carbonyl (C=O) groups excluding carboxylic acids is 2. The van der Waals surface area contributed by atoms with Crippen LogP contribution < -0.4 is 10.6 Å². The highest BCUT2D eigenvalue weighted by Crippen LogP contribution is 2.26. The van der Waals surface area contributed by atoms with Crippen LogP contribution in [0.4, 0.5) is 11.4 Å². The Morgan fingerprint density at radius 2 is 1.69 bits per heavy atom. The third-order valence-electron chi connectivity index (χ3n) is 4.92. The lowest BCUT2D eigenvalue weighted by molar-refractivity contribution is -0.119. The van der Waals surface area contributed by atoms with Gasteiger partial charge in [0.2, 0.25) is 5.91 Å². The van der Waals surface area contributed by atoms with Crippen LogP contribution in [0.25, 0.3) is 10.9 Å². The number of aromatic nitrogens is 1. The zero-order valence-electron chi connectivity index (χ0n) is 17.3. The number of carbonyl (C=O) groups is 2. The number of fused-ring (bicyclic) bond motifs is 1. The maximum absolute atomic E-state index is 13.1. The van der Waals surface area contributed by atoms with Gasteiger partial charge in [0.25, 0.3) is 5.91 Å². The molecular weight excluding hydrogens is 366 g/mol. The number of methoxy groups -OCH3 is 1. The van der Waals surface area contributed by atoms with E-state index < -0.39 is 0 Å². The highest BCUT2D eigenvalue weighted by Gasteiger charge is 2.15. The first-order valence-corrected chi connectivity index (χ1v) is 9.38. The lowest BCUT2D eigenvalue weighted by atomic mass is 10.0. The molecule has 3 rings (SSSR count). The summed E-state index contributed by atoms with van der Waals surface area (Å²) in [5.41, 5.74) is 6.53. The topological polar surface area (TPSA) is 80.3 Å². The van der Waals surface area contributed by atoms with Gasteiger partial charge in [-0.05, 0) is 62.6 Å². The monoisotopic (exact) mass is 391 g/mol. The van der Waals surface area contributed by atoms with Crippen LogP contribution in [0.5, 0.6) is 0 Å². The average Bonchev–Trinajstić information content (AvgIpc) is 2.67. The number of rotatable bonds is 5. The van der Waals surface area contributed by atoms with Crippen LogP contribution in [0.1, 0.15) is 32.7 Å². The minimum absolute atomic E-state index is 0.0311. The van der Waals surface area contributed by atoms with Crippen LogP contribution in [0, 0.1) is 27.7 Å². The second-order valence-corrected chi connectivity index (χ2v) is 7.18. The van der Waals surface area contributed by atoms with Crippen molar-refractivity contribution in [3.63, 3.8) is 0 Å². The van der Waals surface area contributed by atoms with Crippen molar-refractivity contribution in [1.29, 1.82) is 0 Å². The first-order valence-electron chi connectivity index (χ1n) is 9.38. The van der Waals surface area contributed by atoms with Crippen molar-refractivity contribution in [2.24, 2.45) is 0 Å². The van der Waals surface area contributed by atoms with Gasteiger partial charge in [0.05, 0.1) is 11.1 Å². The van der Waals surface area contributed by atoms with Crippen molar-refractivity contribution in [3.8, 4) is 0 Å². The summed E-state index contributed by atoms with van der Waals surface area (Å²) >= 11 is 0. The summed E-state index contributed by atoms with van der Waals surface area (Å²) < 4.78 is 4.83. The normalized spacial score (nSPS) is 10.8. The van der Waals surface area contributed by atoms with Crippen molar-refractivity contribution in [1.82, 2.24) is 4.98 Å². The number of benzene rings is 2. The van der Waals surface area contributed by atoms with Gasteiger partial charge >= 0.3 is 0 Å². The van der Waals surface area contributed by atoms with Gasteiger partial charge in [-0.15, -0.1) is 0 Å². The first-order chi connectivity index (χ1) is 13.8. The molecule has 2 aromatic carbocycles. The van der Waals surface area contributed by atoms with Gasteiger partial charge in [0.1, 0.15) is 6.61 Å². The maximum atomic E-state index is 13.1. The van der Waals surface area contributed by atoms with Gasteiger partial charge < -0.3 is 15.4 Å². The summed E-state index contributed by atoms with van der Waals surface area (Å²) in [6.45, 7) is 7.80. The standard InChI is InChI=1S/C23H25N3O3/c1-13-7-9-18-19(10-15(3)24-22(18)16(13)4)23(28)26-20-11-17(8-6-14(20)2)25-21(27)12-29-5/h6-11H,12H2,1-5H3,(H,25,27)(H,26,28). The van der Waals surface area contributed by atoms with Crippen LogP contribution in [0.2, 0.25) is 0 Å². The van der Waals surface area contributed by atoms with Crippen molar-refractivity contribution < 1.29 is 14.3 Å². The van der Waals surface area contributed by atoms with Gasteiger partial charge in [-0.2, -0.15) is 0 Å². The third-order valence-corrected chi connectivity index (χ3v) is 4.92. The van der Waals surface area contributed by atoms with Crippen molar-refractivity contribution in [2.75, 3.05) is 24.4 Å². The molecule has 0 unspecified atom stereocenters. The molecule has 1 heterocycles. The molecule has 6 heteroatoms. The van der Waals surface area contributed by atoms with E-state index in [0.717, 1.165) is 33.3 Å². The molecule has 2 N–H and O–H groups in total. The Hall–Kier alpha value is -3.25. The average molecular weight is 391 g/mol. The minimum Gasteiger partial charge on any atom is -0.375 e. The van der Waals surface area contributed by atoms with Crippen molar-refractivity contribution in [2.45, 2.75) is 27.7 Å². The van der Waals surface area contributed by atoms with Gasteiger partial charge in [-0.25, -0.2) is 0 Å². The SMILES string of the molecule is COCC(=O)Nc1ccc(C)c(NC(=O)c2cc(C)nc3c(C)c(C)ccc23)c1.